The number of carbonyl (C=O) groups excluding carboxylic acids is 1. The molecule has 0 radical (unpaired) electrons. The molecule has 0 spiro atoms. The minimum atomic E-state index is -0.191. The van der Waals surface area contributed by atoms with Gasteiger partial charge in [0.15, 0.2) is 0 Å². The molecule has 1 aliphatic rings. The molecule has 0 aliphatic heterocycles. The first-order chi connectivity index (χ1) is 10.2. The van der Waals surface area contributed by atoms with Crippen LogP contribution in [0.15, 0.2) is 41.7 Å². The second-order valence-corrected chi connectivity index (χ2v) is 4.83. The summed E-state index contributed by atoms with van der Waals surface area (Å²) < 4.78 is 4.90. The van der Waals surface area contributed by atoms with Crippen molar-refractivity contribution in [3.8, 4) is 0 Å². The van der Waals surface area contributed by atoms with Crippen LogP contribution in [0.5, 0.6) is 0 Å². The standard InChI is InChI=1S/C19H20O2/c1-3-15-7-5-9-17-12-11-16(14-18(17)13-15)8-6-10-19(20)21-4-2/h6-9,11-14H,3-4,10H2,1-2H3. The lowest BCUT2D eigenvalue weighted by molar-refractivity contribution is -0.142. The van der Waals surface area contributed by atoms with E-state index in [1.54, 1.807) is 0 Å². The molecule has 1 aromatic carbocycles. The van der Waals surface area contributed by atoms with Gasteiger partial charge < -0.3 is 4.74 Å². The van der Waals surface area contributed by atoms with Crippen LogP contribution in [-0.2, 0) is 9.53 Å². The van der Waals surface area contributed by atoms with Gasteiger partial charge in [-0.05, 0) is 53.8 Å². The Morgan fingerprint density at radius 3 is 2.86 bits per heavy atom. The van der Waals surface area contributed by atoms with Gasteiger partial charge in [0.1, 0.15) is 0 Å². The van der Waals surface area contributed by atoms with Gasteiger partial charge in [-0.15, -0.1) is 5.73 Å². The smallest absolute Gasteiger partial charge is 0.309 e. The monoisotopic (exact) mass is 280 g/mol. The molecule has 0 amide bonds. The SMILES string of the molecule is CCOC(=O)CC=Cc1ccc2c(c1)C=C(CC)C=C=C2. The van der Waals surface area contributed by atoms with Crippen LogP contribution in [0.4, 0.5) is 0 Å². The van der Waals surface area contributed by atoms with E-state index in [9.17, 15) is 4.79 Å². The summed E-state index contributed by atoms with van der Waals surface area (Å²) in [6, 6.07) is 6.25. The number of allylic oxidation sites excluding steroid dienone is 2. The van der Waals surface area contributed by atoms with Crippen molar-refractivity contribution in [1.29, 1.82) is 0 Å². The molecule has 0 unspecified atom stereocenters. The fourth-order valence-electron chi connectivity index (χ4n) is 2.15. The van der Waals surface area contributed by atoms with Gasteiger partial charge in [0.05, 0.1) is 13.0 Å². The highest BCUT2D eigenvalue weighted by Crippen LogP contribution is 2.21. The number of rotatable bonds is 5. The quantitative estimate of drug-likeness (QED) is 0.580. The molecule has 2 heteroatoms. The van der Waals surface area contributed by atoms with Gasteiger partial charge in [-0.3, -0.25) is 4.79 Å². The van der Waals surface area contributed by atoms with Crippen LogP contribution >= 0.6 is 0 Å². The minimum Gasteiger partial charge on any atom is -0.466 e. The molecule has 2 rings (SSSR count). The van der Waals surface area contributed by atoms with E-state index >= 15 is 0 Å². The van der Waals surface area contributed by atoms with Crippen LogP contribution in [0.3, 0.4) is 0 Å². The van der Waals surface area contributed by atoms with Crippen LogP contribution in [0.2, 0.25) is 0 Å². The average molecular weight is 280 g/mol. The Kier molecular flexibility index (Phi) is 5.36. The molecule has 0 heterocycles. The van der Waals surface area contributed by atoms with E-state index in [1.165, 1.54) is 11.1 Å². The summed E-state index contributed by atoms with van der Waals surface area (Å²) in [5.41, 5.74) is 7.89. The highest BCUT2D eigenvalue weighted by Gasteiger charge is 2.02. The minimum absolute atomic E-state index is 0.191. The zero-order valence-corrected chi connectivity index (χ0v) is 12.6. The van der Waals surface area contributed by atoms with Crippen molar-refractivity contribution >= 4 is 24.2 Å². The Morgan fingerprint density at radius 1 is 1.24 bits per heavy atom. The maximum Gasteiger partial charge on any atom is 0.309 e. The lowest BCUT2D eigenvalue weighted by Gasteiger charge is -2.03. The first-order valence-electron chi connectivity index (χ1n) is 7.32. The van der Waals surface area contributed by atoms with Crippen molar-refractivity contribution < 1.29 is 9.53 Å². The Balaban J connectivity index is 2.15. The van der Waals surface area contributed by atoms with Crippen LogP contribution in [0.1, 0.15) is 43.4 Å². The predicted molar refractivity (Wildman–Crippen MR) is 87.5 cm³/mol. The maximum atomic E-state index is 11.3. The largest absolute Gasteiger partial charge is 0.466 e. The summed E-state index contributed by atoms with van der Waals surface area (Å²) >= 11 is 0. The molecule has 108 valence electrons. The van der Waals surface area contributed by atoms with Crippen molar-refractivity contribution in [3.05, 3.63) is 58.3 Å². The lowest BCUT2D eigenvalue weighted by Crippen LogP contribution is -2.01. The van der Waals surface area contributed by atoms with Crippen LogP contribution in [-0.4, -0.2) is 12.6 Å². The first kappa shape index (κ1) is 15.1. The van der Waals surface area contributed by atoms with Gasteiger partial charge in [0.25, 0.3) is 0 Å². The number of fused-ring (bicyclic) bond motifs is 1. The number of hydrogen-bond acceptors (Lipinski definition) is 2. The number of ether oxygens (including phenoxy) is 1. The molecule has 0 saturated carbocycles. The topological polar surface area (TPSA) is 26.3 Å². The Morgan fingerprint density at radius 2 is 2.10 bits per heavy atom. The zero-order chi connectivity index (χ0) is 15.1. The van der Waals surface area contributed by atoms with Gasteiger partial charge >= 0.3 is 5.97 Å². The molecule has 0 fully saturated rings. The fraction of sp³-hybridized carbons (Fsp3) is 0.263. The molecule has 1 aromatic rings. The Hall–Kier alpha value is -2.31. The summed E-state index contributed by atoms with van der Waals surface area (Å²) in [6.07, 6.45) is 11.3. The molecule has 2 nitrogen and oxygen atoms in total. The molecule has 21 heavy (non-hydrogen) atoms. The van der Waals surface area contributed by atoms with E-state index in [1.807, 2.05) is 37.3 Å². The van der Waals surface area contributed by atoms with Gasteiger partial charge in [-0.2, -0.15) is 0 Å². The van der Waals surface area contributed by atoms with Crippen molar-refractivity contribution in [2.45, 2.75) is 26.7 Å². The first-order valence-corrected chi connectivity index (χ1v) is 7.32. The Bertz CT molecular complexity index is 642. The summed E-state index contributed by atoms with van der Waals surface area (Å²) in [5, 5.41) is 0. The maximum absolute atomic E-state index is 11.3. The predicted octanol–water partition coefficient (Wildman–Crippen LogP) is 4.63. The molecular weight excluding hydrogens is 260 g/mol. The van der Waals surface area contributed by atoms with E-state index in [-0.39, 0.29) is 5.97 Å². The number of esters is 1. The zero-order valence-electron chi connectivity index (χ0n) is 12.6. The summed E-state index contributed by atoms with van der Waals surface area (Å²) in [6.45, 7) is 4.38. The third-order valence-electron chi connectivity index (χ3n) is 3.27. The van der Waals surface area contributed by atoms with Crippen LogP contribution in [0.25, 0.3) is 18.2 Å². The molecule has 0 aromatic heterocycles. The van der Waals surface area contributed by atoms with E-state index < -0.39 is 0 Å². The third-order valence-corrected chi connectivity index (χ3v) is 3.27. The van der Waals surface area contributed by atoms with Crippen LogP contribution < -0.4 is 0 Å². The van der Waals surface area contributed by atoms with Crippen molar-refractivity contribution in [3.63, 3.8) is 0 Å². The number of carbonyl (C=O) groups is 1. The molecule has 0 bridgehead atoms. The summed E-state index contributed by atoms with van der Waals surface area (Å²) in [7, 11) is 0. The normalized spacial score (nSPS) is 13.0. The molecular formula is C19H20O2. The molecule has 0 saturated heterocycles. The van der Waals surface area contributed by atoms with E-state index in [2.05, 4.69) is 30.9 Å². The van der Waals surface area contributed by atoms with E-state index in [0.717, 1.165) is 17.5 Å². The highest BCUT2D eigenvalue weighted by molar-refractivity contribution is 5.74. The molecule has 1 aliphatic carbocycles. The number of hydrogen-bond donors (Lipinski definition) is 0. The lowest BCUT2D eigenvalue weighted by atomic mass is 10.0. The number of benzene rings is 1. The van der Waals surface area contributed by atoms with Crippen molar-refractivity contribution in [1.82, 2.24) is 0 Å². The Labute approximate surface area is 126 Å². The highest BCUT2D eigenvalue weighted by atomic mass is 16.5. The van der Waals surface area contributed by atoms with Gasteiger partial charge in [0.2, 0.25) is 0 Å². The second kappa shape index (κ2) is 7.47. The van der Waals surface area contributed by atoms with Crippen molar-refractivity contribution in [2.24, 2.45) is 0 Å². The van der Waals surface area contributed by atoms with Crippen molar-refractivity contribution in [2.75, 3.05) is 6.61 Å². The second-order valence-electron chi connectivity index (χ2n) is 4.83. The van der Waals surface area contributed by atoms with E-state index in [4.69, 9.17) is 4.74 Å². The fourth-order valence-corrected chi connectivity index (χ4v) is 2.15. The average Bonchev–Trinajstić information content (AvgIpc) is 2.68. The molecule has 0 atom stereocenters. The van der Waals surface area contributed by atoms with Gasteiger partial charge in [-0.1, -0.05) is 37.3 Å². The van der Waals surface area contributed by atoms with Gasteiger partial charge in [0, 0.05) is 0 Å². The summed E-state index contributed by atoms with van der Waals surface area (Å²) in [5.74, 6) is -0.191. The third kappa shape index (κ3) is 4.34. The van der Waals surface area contributed by atoms with Crippen LogP contribution in [0, 0.1) is 0 Å². The summed E-state index contributed by atoms with van der Waals surface area (Å²) in [4.78, 5) is 11.3. The molecule has 0 N–H and O–H groups in total. The van der Waals surface area contributed by atoms with E-state index in [0.29, 0.717) is 13.0 Å². The van der Waals surface area contributed by atoms with Gasteiger partial charge in [-0.25, -0.2) is 0 Å².